The second-order valence-corrected chi connectivity index (χ2v) is 5.40. The minimum atomic E-state index is 0.128. The lowest BCUT2D eigenvalue weighted by Gasteiger charge is -2.23. The number of nitrogens with zero attached hydrogens (tertiary/aromatic N) is 2. The van der Waals surface area contributed by atoms with Crippen molar-refractivity contribution >= 4 is 11.4 Å². The van der Waals surface area contributed by atoms with Crippen molar-refractivity contribution in [3.63, 3.8) is 0 Å². The van der Waals surface area contributed by atoms with E-state index < -0.39 is 0 Å². The van der Waals surface area contributed by atoms with Crippen molar-refractivity contribution in [3.8, 4) is 5.75 Å². The zero-order valence-electron chi connectivity index (χ0n) is 13.3. The molecular formula is C17H23N3O. The fourth-order valence-corrected chi connectivity index (χ4v) is 2.38. The van der Waals surface area contributed by atoms with Gasteiger partial charge in [0.25, 0.3) is 0 Å². The Labute approximate surface area is 126 Å². The Kier molecular flexibility index (Phi) is 4.68. The van der Waals surface area contributed by atoms with Crippen LogP contribution in [0.2, 0.25) is 0 Å². The topological polar surface area (TPSA) is 37.4 Å². The van der Waals surface area contributed by atoms with E-state index in [9.17, 15) is 0 Å². The van der Waals surface area contributed by atoms with Crippen molar-refractivity contribution in [2.24, 2.45) is 0 Å². The molecule has 21 heavy (non-hydrogen) atoms. The van der Waals surface area contributed by atoms with Gasteiger partial charge in [-0.15, -0.1) is 0 Å². The zero-order valence-corrected chi connectivity index (χ0v) is 13.3. The van der Waals surface area contributed by atoms with E-state index in [-0.39, 0.29) is 6.04 Å². The number of aromatic nitrogens is 1. The van der Waals surface area contributed by atoms with Crippen LogP contribution in [-0.4, -0.2) is 26.2 Å². The summed E-state index contributed by atoms with van der Waals surface area (Å²) in [6.07, 6.45) is 3.66. The van der Waals surface area contributed by atoms with E-state index >= 15 is 0 Å². The van der Waals surface area contributed by atoms with Gasteiger partial charge in [-0.2, -0.15) is 0 Å². The Morgan fingerprint density at radius 1 is 1.24 bits per heavy atom. The number of methoxy groups -OCH3 is 1. The lowest BCUT2D eigenvalue weighted by molar-refractivity contribution is 0.407. The third-order valence-corrected chi connectivity index (χ3v) is 3.51. The maximum atomic E-state index is 5.50. The molecule has 1 N–H and O–H groups in total. The van der Waals surface area contributed by atoms with Gasteiger partial charge in [0.1, 0.15) is 5.75 Å². The Morgan fingerprint density at radius 3 is 2.67 bits per heavy atom. The molecule has 0 fully saturated rings. The average molecular weight is 285 g/mol. The summed E-state index contributed by atoms with van der Waals surface area (Å²) >= 11 is 0. The monoisotopic (exact) mass is 285 g/mol. The lowest BCUT2D eigenvalue weighted by atomic mass is 10.0. The summed E-state index contributed by atoms with van der Waals surface area (Å²) in [7, 11) is 5.76. The first kappa shape index (κ1) is 15.2. The number of anilines is 2. The van der Waals surface area contributed by atoms with E-state index in [0.29, 0.717) is 0 Å². The molecule has 2 aromatic rings. The van der Waals surface area contributed by atoms with Gasteiger partial charge in [0, 0.05) is 25.9 Å². The molecule has 0 aliphatic carbocycles. The second kappa shape index (κ2) is 6.48. The molecule has 4 nitrogen and oxygen atoms in total. The highest BCUT2D eigenvalue weighted by Gasteiger charge is 2.13. The number of hydrogen-bond donors (Lipinski definition) is 1. The van der Waals surface area contributed by atoms with Crippen LogP contribution in [0.5, 0.6) is 5.75 Å². The van der Waals surface area contributed by atoms with Crippen LogP contribution in [0.4, 0.5) is 11.4 Å². The quantitative estimate of drug-likeness (QED) is 0.910. The molecule has 1 unspecified atom stereocenters. The maximum absolute atomic E-state index is 5.50. The van der Waals surface area contributed by atoms with Crippen LogP contribution >= 0.6 is 0 Å². The lowest BCUT2D eigenvalue weighted by Crippen LogP contribution is -2.14. The largest absolute Gasteiger partial charge is 0.496 e. The van der Waals surface area contributed by atoms with Crippen molar-refractivity contribution in [3.05, 3.63) is 47.8 Å². The number of pyridine rings is 1. The van der Waals surface area contributed by atoms with Gasteiger partial charge in [0.15, 0.2) is 0 Å². The smallest absolute Gasteiger partial charge is 0.124 e. The Bertz CT molecular complexity index is 611. The first-order valence-electron chi connectivity index (χ1n) is 7.05. The summed E-state index contributed by atoms with van der Waals surface area (Å²) < 4.78 is 5.50. The molecule has 0 spiro atoms. The molecular weight excluding hydrogens is 262 g/mol. The molecule has 2 rings (SSSR count). The van der Waals surface area contributed by atoms with Crippen LogP contribution in [0.1, 0.15) is 24.1 Å². The molecule has 0 bridgehead atoms. The Balaban J connectivity index is 2.28. The van der Waals surface area contributed by atoms with Crippen LogP contribution in [-0.2, 0) is 0 Å². The summed E-state index contributed by atoms with van der Waals surface area (Å²) in [5.41, 5.74) is 4.45. The zero-order chi connectivity index (χ0) is 15.4. The highest BCUT2D eigenvalue weighted by atomic mass is 16.5. The number of benzene rings is 1. The minimum Gasteiger partial charge on any atom is -0.496 e. The van der Waals surface area contributed by atoms with Gasteiger partial charge in [-0.3, -0.25) is 4.98 Å². The molecule has 4 heteroatoms. The fraction of sp³-hybridized carbons (Fsp3) is 0.353. The molecule has 0 saturated carbocycles. The molecule has 0 aliphatic rings. The van der Waals surface area contributed by atoms with Crippen molar-refractivity contribution in [1.82, 2.24) is 4.98 Å². The van der Waals surface area contributed by atoms with Crippen LogP contribution in [0.25, 0.3) is 0 Å². The summed E-state index contributed by atoms with van der Waals surface area (Å²) in [5, 5.41) is 3.52. The van der Waals surface area contributed by atoms with Crippen molar-refractivity contribution in [2.75, 3.05) is 31.4 Å². The molecule has 0 saturated heterocycles. The van der Waals surface area contributed by atoms with Gasteiger partial charge in [0.05, 0.1) is 30.7 Å². The number of nitrogens with one attached hydrogen (secondary N) is 1. The first-order valence-corrected chi connectivity index (χ1v) is 7.05. The van der Waals surface area contributed by atoms with Gasteiger partial charge < -0.3 is 15.0 Å². The molecule has 1 aromatic carbocycles. The van der Waals surface area contributed by atoms with E-state index in [0.717, 1.165) is 22.7 Å². The van der Waals surface area contributed by atoms with Gasteiger partial charge in [-0.1, -0.05) is 12.1 Å². The molecule has 0 aliphatic heterocycles. The van der Waals surface area contributed by atoms with Gasteiger partial charge in [0.2, 0.25) is 0 Å². The Morgan fingerprint density at radius 2 is 2.00 bits per heavy atom. The van der Waals surface area contributed by atoms with Gasteiger partial charge in [-0.25, -0.2) is 0 Å². The molecule has 1 atom stereocenters. The molecule has 1 aromatic heterocycles. The third kappa shape index (κ3) is 3.45. The predicted octanol–water partition coefficient (Wildman–Crippen LogP) is 3.64. The van der Waals surface area contributed by atoms with Gasteiger partial charge >= 0.3 is 0 Å². The van der Waals surface area contributed by atoms with E-state index in [1.54, 1.807) is 13.3 Å². The average Bonchev–Trinajstić information content (AvgIpc) is 2.47. The number of rotatable bonds is 5. The summed E-state index contributed by atoms with van der Waals surface area (Å²) in [6, 6.07) is 8.40. The van der Waals surface area contributed by atoms with Crippen LogP contribution in [0.15, 0.2) is 36.7 Å². The fourth-order valence-electron chi connectivity index (χ4n) is 2.38. The van der Waals surface area contributed by atoms with Crippen molar-refractivity contribution < 1.29 is 4.74 Å². The summed E-state index contributed by atoms with van der Waals surface area (Å²) in [6.45, 7) is 4.19. The Hall–Kier alpha value is -2.23. The summed E-state index contributed by atoms with van der Waals surface area (Å²) in [5.74, 6) is 0.908. The standard InChI is InChI=1S/C17H23N3O/c1-12-6-7-14(17(10-12)21-5)13(2)19-15-11-18-9-8-16(15)20(3)4/h6-11,13,19H,1-5H3. The number of ether oxygens (including phenoxy) is 1. The number of hydrogen-bond acceptors (Lipinski definition) is 4. The van der Waals surface area contributed by atoms with E-state index in [1.807, 2.05) is 26.4 Å². The van der Waals surface area contributed by atoms with Crippen molar-refractivity contribution in [1.29, 1.82) is 0 Å². The van der Waals surface area contributed by atoms with Gasteiger partial charge in [-0.05, 0) is 31.5 Å². The van der Waals surface area contributed by atoms with E-state index in [2.05, 4.69) is 47.2 Å². The minimum absolute atomic E-state index is 0.128. The molecule has 0 radical (unpaired) electrons. The first-order chi connectivity index (χ1) is 10.0. The molecule has 1 heterocycles. The highest BCUT2D eigenvalue weighted by molar-refractivity contribution is 5.68. The number of aryl methyl sites for hydroxylation is 1. The third-order valence-electron chi connectivity index (χ3n) is 3.51. The van der Waals surface area contributed by atoms with Crippen molar-refractivity contribution in [2.45, 2.75) is 19.9 Å². The van der Waals surface area contributed by atoms with Crippen LogP contribution in [0.3, 0.4) is 0 Å². The normalized spacial score (nSPS) is 11.9. The highest BCUT2D eigenvalue weighted by Crippen LogP contribution is 2.31. The SMILES string of the molecule is COc1cc(C)ccc1C(C)Nc1cnccc1N(C)C. The second-order valence-electron chi connectivity index (χ2n) is 5.40. The maximum Gasteiger partial charge on any atom is 0.124 e. The van der Waals surface area contributed by atoms with Crippen LogP contribution in [0, 0.1) is 6.92 Å². The van der Waals surface area contributed by atoms with E-state index in [1.165, 1.54) is 5.56 Å². The predicted molar refractivity (Wildman–Crippen MR) is 88.3 cm³/mol. The molecule has 112 valence electrons. The summed E-state index contributed by atoms with van der Waals surface area (Å²) in [4.78, 5) is 6.28. The van der Waals surface area contributed by atoms with E-state index in [4.69, 9.17) is 4.74 Å². The molecule has 0 amide bonds. The van der Waals surface area contributed by atoms with Crippen LogP contribution < -0.4 is 15.0 Å².